The second-order valence-electron chi connectivity index (χ2n) is 4.15. The predicted molar refractivity (Wildman–Crippen MR) is 87.6 cm³/mol. The first kappa shape index (κ1) is 22.2. The van der Waals surface area contributed by atoms with Crippen molar-refractivity contribution < 1.29 is 0 Å². The van der Waals surface area contributed by atoms with Gasteiger partial charge in [0.2, 0.25) is 0 Å². The molecule has 0 radical (unpaired) electrons. The molecule has 1 nitrogen and oxygen atoms in total. The first-order chi connectivity index (χ1) is 8.49. The molecule has 0 rings (SSSR count). The number of rotatable bonds is 4. The molecule has 0 amide bonds. The zero-order valence-electron chi connectivity index (χ0n) is 13.9. The van der Waals surface area contributed by atoms with Gasteiger partial charge < -0.3 is 5.73 Å². The van der Waals surface area contributed by atoms with Crippen LogP contribution in [-0.2, 0) is 0 Å². The lowest BCUT2D eigenvalue weighted by atomic mass is 10.0. The van der Waals surface area contributed by atoms with Gasteiger partial charge in [-0.1, -0.05) is 77.8 Å². The molecule has 0 aliphatic heterocycles. The van der Waals surface area contributed by atoms with Gasteiger partial charge in [0.15, 0.2) is 0 Å². The Balaban J connectivity index is -0.000000389. The maximum Gasteiger partial charge on any atom is 0.00143 e. The quantitative estimate of drug-likeness (QED) is 0.626. The van der Waals surface area contributed by atoms with Crippen molar-refractivity contribution in [2.45, 2.75) is 68.2 Å². The van der Waals surface area contributed by atoms with E-state index >= 15 is 0 Å². The summed E-state index contributed by atoms with van der Waals surface area (Å²) in [6.45, 7) is 16.6. The predicted octanol–water partition coefficient (Wildman–Crippen LogP) is 5.84. The van der Waals surface area contributed by atoms with Crippen LogP contribution in [-0.4, -0.2) is 0 Å². The third kappa shape index (κ3) is 20.4. The summed E-state index contributed by atoms with van der Waals surface area (Å²) in [7, 11) is 0. The average Bonchev–Trinajstić information content (AvgIpc) is 2.32. The molecule has 1 unspecified atom stereocenters. The van der Waals surface area contributed by atoms with Crippen molar-refractivity contribution in [2.75, 3.05) is 0 Å². The monoisotopic (exact) mass is 253 g/mol. The van der Waals surface area contributed by atoms with Crippen molar-refractivity contribution >= 4 is 0 Å². The molecule has 0 saturated carbocycles. The Bertz CT molecular complexity index is 230. The summed E-state index contributed by atoms with van der Waals surface area (Å²) in [5, 5.41) is 0. The Kier molecular flexibility index (Phi) is 22.7. The molecule has 0 aliphatic carbocycles. The number of allylic oxidation sites excluding steroid dienone is 6. The van der Waals surface area contributed by atoms with Crippen LogP contribution in [0.2, 0.25) is 0 Å². The minimum Gasteiger partial charge on any atom is -0.403 e. The van der Waals surface area contributed by atoms with E-state index in [9.17, 15) is 0 Å². The van der Waals surface area contributed by atoms with Gasteiger partial charge in [0.25, 0.3) is 0 Å². The Hall–Kier alpha value is -0.980. The van der Waals surface area contributed by atoms with Gasteiger partial charge in [0.1, 0.15) is 0 Å². The van der Waals surface area contributed by atoms with Gasteiger partial charge in [0, 0.05) is 5.70 Å². The fourth-order valence-electron chi connectivity index (χ4n) is 1.03. The van der Waals surface area contributed by atoms with Crippen LogP contribution >= 0.6 is 0 Å². The van der Waals surface area contributed by atoms with E-state index in [0.717, 1.165) is 12.1 Å². The molecule has 0 aromatic heterocycles. The summed E-state index contributed by atoms with van der Waals surface area (Å²) in [6, 6.07) is 0. The minimum atomic E-state index is 0.437. The van der Waals surface area contributed by atoms with E-state index in [0.29, 0.717) is 5.92 Å². The molecule has 108 valence electrons. The molecule has 0 aromatic carbocycles. The van der Waals surface area contributed by atoms with E-state index in [1.54, 1.807) is 0 Å². The van der Waals surface area contributed by atoms with Crippen LogP contribution in [0.1, 0.15) is 68.2 Å². The van der Waals surface area contributed by atoms with Crippen LogP contribution in [0.4, 0.5) is 0 Å². The van der Waals surface area contributed by atoms with E-state index in [2.05, 4.69) is 58.9 Å². The maximum absolute atomic E-state index is 5.60. The third-order valence-corrected chi connectivity index (χ3v) is 1.96. The zero-order chi connectivity index (χ0) is 15.0. The summed E-state index contributed by atoms with van der Waals surface area (Å²) in [4.78, 5) is 0. The number of hydrogen-bond acceptors (Lipinski definition) is 1. The van der Waals surface area contributed by atoms with E-state index in [1.807, 2.05) is 20.8 Å². The van der Waals surface area contributed by atoms with E-state index < -0.39 is 0 Å². The van der Waals surface area contributed by atoms with Crippen molar-refractivity contribution in [1.29, 1.82) is 0 Å². The van der Waals surface area contributed by atoms with Gasteiger partial charge in [-0.2, -0.15) is 0 Å². The van der Waals surface area contributed by atoms with Crippen LogP contribution in [0, 0.1) is 5.92 Å². The highest BCUT2D eigenvalue weighted by Gasteiger charge is 1.98. The highest BCUT2D eigenvalue weighted by atomic mass is 14.5. The first-order valence-electron chi connectivity index (χ1n) is 7.26. The first-order valence-corrected chi connectivity index (χ1v) is 7.26. The van der Waals surface area contributed by atoms with Crippen LogP contribution in [0.3, 0.4) is 0 Å². The summed E-state index contributed by atoms with van der Waals surface area (Å²) >= 11 is 0. The summed E-state index contributed by atoms with van der Waals surface area (Å²) < 4.78 is 0. The summed E-state index contributed by atoms with van der Waals surface area (Å²) in [6.07, 6.45) is 10.8. The topological polar surface area (TPSA) is 26.0 Å². The normalized spacial score (nSPS) is 13.3. The maximum atomic E-state index is 5.60. The number of nitrogens with two attached hydrogens (primary N) is 1. The second kappa shape index (κ2) is 18.4. The van der Waals surface area contributed by atoms with Gasteiger partial charge in [-0.25, -0.2) is 0 Å². The average molecular weight is 253 g/mol. The van der Waals surface area contributed by atoms with E-state index in [-0.39, 0.29) is 0 Å². The molecule has 0 aromatic rings. The molecule has 1 atom stereocenters. The van der Waals surface area contributed by atoms with Gasteiger partial charge in [-0.3, -0.25) is 0 Å². The Labute approximate surface area is 116 Å². The van der Waals surface area contributed by atoms with Crippen LogP contribution in [0.15, 0.2) is 35.6 Å². The van der Waals surface area contributed by atoms with E-state index in [1.165, 1.54) is 12.0 Å². The molecule has 2 N–H and O–H groups in total. The fraction of sp³-hybridized carbons (Fsp3) is 0.647. The summed E-state index contributed by atoms with van der Waals surface area (Å²) in [5.74, 6) is 0.437. The lowest BCUT2D eigenvalue weighted by molar-refractivity contribution is 0.849. The molecule has 0 bridgehead atoms. The van der Waals surface area contributed by atoms with Crippen molar-refractivity contribution in [3.05, 3.63) is 35.6 Å². The minimum absolute atomic E-state index is 0.437. The second-order valence-corrected chi connectivity index (χ2v) is 4.15. The summed E-state index contributed by atoms with van der Waals surface area (Å²) in [5.41, 5.74) is 7.83. The molecule has 0 heterocycles. The molecular weight excluding hydrogens is 218 g/mol. The molecular formula is C17H35N. The molecule has 0 spiro atoms. The molecule has 1 heteroatoms. The standard InChI is InChI=1S/C12H21N.C3H8.C2H6/c1-5-6-7-8-10(2)11(3)9-12(4)13;1-3-2;1-2/h6-9,11H,5,13H2,1-4H3;3H2,1-2H3;1-2H3/b7-6-,10-8+,12-9+;;. The van der Waals surface area contributed by atoms with Crippen molar-refractivity contribution in [3.8, 4) is 0 Å². The van der Waals surface area contributed by atoms with E-state index in [4.69, 9.17) is 5.73 Å². The van der Waals surface area contributed by atoms with Crippen LogP contribution < -0.4 is 5.73 Å². The van der Waals surface area contributed by atoms with Gasteiger partial charge in [-0.05, 0) is 26.2 Å². The third-order valence-electron chi connectivity index (χ3n) is 1.96. The fourth-order valence-corrected chi connectivity index (χ4v) is 1.03. The Morgan fingerprint density at radius 1 is 1.11 bits per heavy atom. The number of hydrogen-bond donors (Lipinski definition) is 1. The molecule has 18 heavy (non-hydrogen) atoms. The van der Waals surface area contributed by atoms with Crippen molar-refractivity contribution in [1.82, 2.24) is 0 Å². The van der Waals surface area contributed by atoms with Gasteiger partial charge in [0.05, 0.1) is 0 Å². The van der Waals surface area contributed by atoms with Crippen LogP contribution in [0.5, 0.6) is 0 Å². The highest BCUT2D eigenvalue weighted by molar-refractivity contribution is 5.17. The SMILES string of the molecule is CC.CC/C=C\C=C(/C)C(C)/C=C(\C)N.CCC. The van der Waals surface area contributed by atoms with Gasteiger partial charge in [-0.15, -0.1) is 0 Å². The molecule has 0 saturated heterocycles. The lowest BCUT2D eigenvalue weighted by Gasteiger charge is -2.06. The largest absolute Gasteiger partial charge is 0.403 e. The highest BCUT2D eigenvalue weighted by Crippen LogP contribution is 2.12. The van der Waals surface area contributed by atoms with Crippen molar-refractivity contribution in [3.63, 3.8) is 0 Å². The molecule has 0 fully saturated rings. The Morgan fingerprint density at radius 3 is 1.89 bits per heavy atom. The zero-order valence-corrected chi connectivity index (χ0v) is 13.9. The molecule has 0 aliphatic rings. The van der Waals surface area contributed by atoms with Crippen molar-refractivity contribution in [2.24, 2.45) is 11.7 Å². The smallest absolute Gasteiger partial charge is 0.00143 e. The van der Waals surface area contributed by atoms with Gasteiger partial charge >= 0.3 is 0 Å². The van der Waals surface area contributed by atoms with Crippen LogP contribution in [0.25, 0.3) is 0 Å². The Morgan fingerprint density at radius 2 is 1.56 bits per heavy atom. The lowest BCUT2D eigenvalue weighted by Crippen LogP contribution is -1.97.